The molecule has 4 aromatic carbocycles. The molecule has 1 amide bonds. The highest BCUT2D eigenvalue weighted by atomic mass is 16.5. The van der Waals surface area contributed by atoms with Gasteiger partial charge in [-0.25, -0.2) is 0 Å². The zero-order valence-electron chi connectivity index (χ0n) is 21.0. The van der Waals surface area contributed by atoms with E-state index in [9.17, 15) is 4.79 Å². The smallest absolute Gasteiger partial charge is 0.248 e. The number of carbonyl (C=O) groups is 1. The number of nitrogens with one attached hydrogen (secondary N) is 1. The van der Waals surface area contributed by atoms with E-state index >= 15 is 0 Å². The summed E-state index contributed by atoms with van der Waals surface area (Å²) in [6.45, 7) is 8.43. The third kappa shape index (κ3) is 4.76. The van der Waals surface area contributed by atoms with Crippen molar-refractivity contribution in [2.45, 2.75) is 27.7 Å². The summed E-state index contributed by atoms with van der Waals surface area (Å²) in [7, 11) is 0. The van der Waals surface area contributed by atoms with Crippen LogP contribution in [0.3, 0.4) is 0 Å². The maximum absolute atomic E-state index is 12.9. The molecule has 0 atom stereocenters. The molecule has 36 heavy (non-hydrogen) atoms. The molecule has 1 N–H and O–H groups in total. The van der Waals surface area contributed by atoms with E-state index < -0.39 is 0 Å². The van der Waals surface area contributed by atoms with Crippen LogP contribution >= 0.6 is 0 Å². The van der Waals surface area contributed by atoms with Gasteiger partial charge in [-0.3, -0.25) is 4.79 Å². The van der Waals surface area contributed by atoms with Crippen molar-refractivity contribution in [1.29, 1.82) is 0 Å². The summed E-state index contributed by atoms with van der Waals surface area (Å²) < 4.78 is 11.9. The van der Waals surface area contributed by atoms with E-state index in [1.807, 2.05) is 58.0 Å². The van der Waals surface area contributed by atoms with E-state index in [-0.39, 0.29) is 5.91 Å². The standard InChI is InChI=1S/C32H29NO3/c1-5-35-30-18-31-28(29(19-36-31)25-11-10-23-8-6-7-9-24(23)16-25)17-27(30)22(4)15-32(34)33-26-13-20(2)12-21(3)14-26/h6-19H,5H2,1-4H3,(H,33,34)/b22-15+. The average molecular weight is 476 g/mol. The summed E-state index contributed by atoms with van der Waals surface area (Å²) in [6, 6.07) is 24.7. The van der Waals surface area contributed by atoms with Crippen molar-refractivity contribution in [2.24, 2.45) is 0 Å². The molecule has 180 valence electrons. The van der Waals surface area contributed by atoms with Crippen LogP contribution in [-0.4, -0.2) is 12.5 Å². The number of allylic oxidation sites excluding steroid dienone is 1. The number of anilines is 1. The molecule has 4 nitrogen and oxygen atoms in total. The van der Waals surface area contributed by atoms with Crippen molar-refractivity contribution in [2.75, 3.05) is 11.9 Å². The molecule has 0 aliphatic heterocycles. The van der Waals surface area contributed by atoms with Gasteiger partial charge in [0.1, 0.15) is 11.3 Å². The number of aryl methyl sites for hydroxylation is 2. The Morgan fingerprint density at radius 3 is 2.44 bits per heavy atom. The van der Waals surface area contributed by atoms with Crippen LogP contribution in [0.15, 0.2) is 89.6 Å². The molecule has 0 aliphatic rings. The Kier molecular flexibility index (Phi) is 6.34. The average Bonchev–Trinajstić information content (AvgIpc) is 3.25. The maximum Gasteiger partial charge on any atom is 0.248 e. The van der Waals surface area contributed by atoms with Crippen molar-refractivity contribution < 1.29 is 13.9 Å². The van der Waals surface area contributed by atoms with Gasteiger partial charge >= 0.3 is 0 Å². The quantitative estimate of drug-likeness (QED) is 0.251. The second kappa shape index (κ2) is 9.74. The van der Waals surface area contributed by atoms with E-state index in [0.717, 1.165) is 50.0 Å². The zero-order chi connectivity index (χ0) is 25.2. The highest BCUT2D eigenvalue weighted by Crippen LogP contribution is 2.38. The topological polar surface area (TPSA) is 51.5 Å². The minimum atomic E-state index is -0.179. The van der Waals surface area contributed by atoms with Crippen molar-refractivity contribution in [3.8, 4) is 16.9 Å². The summed E-state index contributed by atoms with van der Waals surface area (Å²) in [4.78, 5) is 12.9. The van der Waals surface area contributed by atoms with Gasteiger partial charge < -0.3 is 14.5 Å². The van der Waals surface area contributed by atoms with Crippen LogP contribution in [-0.2, 0) is 4.79 Å². The normalized spacial score (nSPS) is 11.7. The van der Waals surface area contributed by atoms with Gasteiger partial charge in [0.15, 0.2) is 0 Å². The highest BCUT2D eigenvalue weighted by molar-refractivity contribution is 6.05. The molecule has 0 saturated heterocycles. The number of carbonyl (C=O) groups excluding carboxylic acids is 1. The van der Waals surface area contributed by atoms with Crippen molar-refractivity contribution in [3.05, 3.63) is 102 Å². The minimum absolute atomic E-state index is 0.179. The predicted molar refractivity (Wildman–Crippen MR) is 149 cm³/mol. The number of rotatable bonds is 6. The molecule has 0 bridgehead atoms. The molecule has 0 fully saturated rings. The summed E-state index contributed by atoms with van der Waals surface area (Å²) in [5, 5.41) is 6.34. The van der Waals surface area contributed by atoms with E-state index in [4.69, 9.17) is 9.15 Å². The first kappa shape index (κ1) is 23.4. The maximum atomic E-state index is 12.9. The Morgan fingerprint density at radius 1 is 0.944 bits per heavy atom. The molecule has 1 heterocycles. The lowest BCUT2D eigenvalue weighted by Gasteiger charge is -2.12. The Labute approximate surface area is 211 Å². The molecule has 5 aromatic rings. The van der Waals surface area contributed by atoms with Gasteiger partial charge in [-0.05, 0) is 85.0 Å². The van der Waals surface area contributed by atoms with Gasteiger partial charge in [-0.15, -0.1) is 0 Å². The largest absolute Gasteiger partial charge is 0.493 e. The SMILES string of the molecule is CCOc1cc2occ(-c3ccc4ccccc4c3)c2cc1/C(C)=C/C(=O)Nc1cc(C)cc(C)c1. The highest BCUT2D eigenvalue weighted by Gasteiger charge is 2.16. The number of furan rings is 1. The van der Waals surface area contributed by atoms with E-state index in [0.29, 0.717) is 12.4 Å². The van der Waals surface area contributed by atoms with Crippen LogP contribution < -0.4 is 10.1 Å². The number of fused-ring (bicyclic) bond motifs is 2. The van der Waals surface area contributed by atoms with Crippen LogP contribution in [0.5, 0.6) is 5.75 Å². The monoisotopic (exact) mass is 475 g/mol. The number of amides is 1. The third-order valence-corrected chi connectivity index (χ3v) is 6.30. The first-order valence-electron chi connectivity index (χ1n) is 12.2. The molecular weight excluding hydrogens is 446 g/mol. The Morgan fingerprint density at radius 2 is 1.69 bits per heavy atom. The summed E-state index contributed by atoms with van der Waals surface area (Å²) >= 11 is 0. The molecule has 0 aliphatic carbocycles. The molecule has 5 rings (SSSR count). The Bertz CT molecular complexity index is 1600. The van der Waals surface area contributed by atoms with Gasteiger partial charge in [-0.2, -0.15) is 0 Å². The van der Waals surface area contributed by atoms with E-state index in [1.165, 1.54) is 10.8 Å². The number of benzene rings is 4. The molecule has 1 aromatic heterocycles. The molecule has 0 spiro atoms. The fraction of sp³-hybridized carbons (Fsp3) is 0.156. The van der Waals surface area contributed by atoms with Gasteiger partial charge in [-0.1, -0.05) is 42.5 Å². The third-order valence-electron chi connectivity index (χ3n) is 6.30. The Balaban J connectivity index is 1.54. The van der Waals surface area contributed by atoms with Crippen LogP contribution in [0.4, 0.5) is 5.69 Å². The van der Waals surface area contributed by atoms with E-state index in [1.54, 1.807) is 12.3 Å². The Hall–Kier alpha value is -4.31. The lowest BCUT2D eigenvalue weighted by atomic mass is 9.97. The lowest BCUT2D eigenvalue weighted by molar-refractivity contribution is -0.111. The van der Waals surface area contributed by atoms with Crippen molar-refractivity contribution in [1.82, 2.24) is 0 Å². The van der Waals surface area contributed by atoms with Crippen molar-refractivity contribution >= 4 is 38.9 Å². The van der Waals surface area contributed by atoms with E-state index in [2.05, 4.69) is 47.8 Å². The number of hydrogen-bond acceptors (Lipinski definition) is 3. The van der Waals surface area contributed by atoms with Crippen LogP contribution in [0.2, 0.25) is 0 Å². The molecular formula is C32H29NO3. The fourth-order valence-corrected chi connectivity index (χ4v) is 4.72. The molecule has 4 heteroatoms. The minimum Gasteiger partial charge on any atom is -0.493 e. The van der Waals surface area contributed by atoms with Gasteiger partial charge in [0, 0.05) is 34.3 Å². The molecule has 0 unspecified atom stereocenters. The first-order chi connectivity index (χ1) is 17.4. The molecule has 0 saturated carbocycles. The predicted octanol–water partition coefficient (Wildman–Crippen LogP) is 8.31. The summed E-state index contributed by atoms with van der Waals surface area (Å²) in [5.74, 6) is 0.513. The zero-order valence-corrected chi connectivity index (χ0v) is 21.0. The van der Waals surface area contributed by atoms with Crippen LogP contribution in [0.1, 0.15) is 30.5 Å². The second-order valence-electron chi connectivity index (χ2n) is 9.18. The van der Waals surface area contributed by atoms with Gasteiger partial charge in [0.25, 0.3) is 0 Å². The lowest BCUT2D eigenvalue weighted by Crippen LogP contribution is -2.09. The fourth-order valence-electron chi connectivity index (χ4n) is 4.72. The van der Waals surface area contributed by atoms with Gasteiger partial charge in [0.05, 0.1) is 12.9 Å². The van der Waals surface area contributed by atoms with Crippen LogP contribution in [0, 0.1) is 13.8 Å². The summed E-state index contributed by atoms with van der Waals surface area (Å²) in [6.07, 6.45) is 3.41. The number of hydrogen-bond donors (Lipinski definition) is 1. The summed E-state index contributed by atoms with van der Waals surface area (Å²) in [5.41, 5.74) is 7.52. The van der Waals surface area contributed by atoms with Crippen molar-refractivity contribution in [3.63, 3.8) is 0 Å². The van der Waals surface area contributed by atoms with Crippen LogP contribution in [0.25, 0.3) is 38.4 Å². The van der Waals surface area contributed by atoms with Gasteiger partial charge in [0.2, 0.25) is 5.91 Å². The number of ether oxygens (including phenoxy) is 1. The second-order valence-corrected chi connectivity index (χ2v) is 9.18. The first-order valence-corrected chi connectivity index (χ1v) is 12.2. The molecule has 0 radical (unpaired) electrons.